The molecule has 2 amide bonds. The molecule has 0 unspecified atom stereocenters. The first-order valence-corrected chi connectivity index (χ1v) is 5.30. The van der Waals surface area contributed by atoms with Crippen LogP contribution < -0.4 is 5.73 Å². The monoisotopic (exact) mass is 196 g/mol. The summed E-state index contributed by atoms with van der Waals surface area (Å²) in [4.78, 5) is 24.4. The maximum Gasteiger partial charge on any atom is 0.229 e. The van der Waals surface area contributed by atoms with E-state index in [9.17, 15) is 9.59 Å². The van der Waals surface area contributed by atoms with E-state index in [1.54, 1.807) is 0 Å². The Balaban J connectivity index is 2.12. The molecule has 0 aromatic carbocycles. The fraction of sp³-hybridized carbons (Fsp3) is 0.800. The first kappa shape index (κ1) is 9.65. The van der Waals surface area contributed by atoms with E-state index in [1.807, 2.05) is 0 Å². The first-order chi connectivity index (χ1) is 6.70. The molecule has 0 bridgehead atoms. The SMILES string of the molecule is N[C@@H]1CCCC[C@H]1N1C(=O)CCC1=O. The summed E-state index contributed by atoms with van der Waals surface area (Å²) in [6.07, 6.45) is 4.77. The number of carbonyl (C=O) groups is 2. The first-order valence-electron chi connectivity index (χ1n) is 5.30. The molecular weight excluding hydrogens is 180 g/mol. The lowest BCUT2D eigenvalue weighted by Gasteiger charge is -2.34. The van der Waals surface area contributed by atoms with E-state index in [0.717, 1.165) is 25.7 Å². The van der Waals surface area contributed by atoms with Crippen LogP contribution in [0.5, 0.6) is 0 Å². The molecule has 2 atom stereocenters. The third-order valence-corrected chi connectivity index (χ3v) is 3.20. The molecule has 2 aliphatic rings. The van der Waals surface area contributed by atoms with Crippen LogP contribution in [0.1, 0.15) is 38.5 Å². The van der Waals surface area contributed by atoms with Crippen molar-refractivity contribution >= 4 is 11.8 Å². The van der Waals surface area contributed by atoms with Gasteiger partial charge < -0.3 is 5.73 Å². The number of amides is 2. The molecule has 0 aromatic heterocycles. The van der Waals surface area contributed by atoms with Gasteiger partial charge in [0, 0.05) is 18.9 Å². The van der Waals surface area contributed by atoms with Gasteiger partial charge in [-0.1, -0.05) is 12.8 Å². The molecule has 2 rings (SSSR count). The number of carbonyl (C=O) groups excluding carboxylic acids is 2. The molecule has 4 nitrogen and oxygen atoms in total. The molecule has 14 heavy (non-hydrogen) atoms. The molecule has 1 saturated heterocycles. The highest BCUT2D eigenvalue weighted by molar-refractivity contribution is 6.02. The number of hydrogen-bond donors (Lipinski definition) is 1. The summed E-state index contributed by atoms with van der Waals surface area (Å²) in [5.74, 6) is -0.0605. The second kappa shape index (κ2) is 3.69. The zero-order valence-electron chi connectivity index (χ0n) is 8.24. The number of rotatable bonds is 1. The number of imide groups is 1. The van der Waals surface area contributed by atoms with Crippen LogP contribution in [0, 0.1) is 0 Å². The second-order valence-electron chi connectivity index (χ2n) is 4.17. The van der Waals surface area contributed by atoms with Crippen molar-refractivity contribution in [1.82, 2.24) is 4.90 Å². The van der Waals surface area contributed by atoms with Crippen molar-refractivity contribution in [2.75, 3.05) is 0 Å². The lowest BCUT2D eigenvalue weighted by Crippen LogP contribution is -2.51. The van der Waals surface area contributed by atoms with Crippen LogP contribution in [0.3, 0.4) is 0 Å². The van der Waals surface area contributed by atoms with Gasteiger partial charge in [0.1, 0.15) is 0 Å². The van der Waals surface area contributed by atoms with E-state index in [-0.39, 0.29) is 23.9 Å². The fourth-order valence-electron chi connectivity index (χ4n) is 2.42. The van der Waals surface area contributed by atoms with Crippen molar-refractivity contribution < 1.29 is 9.59 Å². The van der Waals surface area contributed by atoms with E-state index in [2.05, 4.69) is 0 Å². The topological polar surface area (TPSA) is 63.4 Å². The summed E-state index contributed by atoms with van der Waals surface area (Å²) in [6, 6.07) is -0.0269. The Morgan fingerprint density at radius 1 is 1.07 bits per heavy atom. The Morgan fingerprint density at radius 2 is 1.64 bits per heavy atom. The maximum atomic E-state index is 11.5. The van der Waals surface area contributed by atoms with Crippen LogP contribution in [0.15, 0.2) is 0 Å². The van der Waals surface area contributed by atoms with Crippen LogP contribution in [-0.4, -0.2) is 28.8 Å². The largest absolute Gasteiger partial charge is 0.326 e. The molecule has 2 fully saturated rings. The van der Waals surface area contributed by atoms with Crippen molar-refractivity contribution in [2.45, 2.75) is 50.6 Å². The Hall–Kier alpha value is -0.900. The van der Waals surface area contributed by atoms with Gasteiger partial charge in [0.2, 0.25) is 11.8 Å². The molecule has 1 saturated carbocycles. The summed E-state index contributed by atoms with van der Waals surface area (Å²) >= 11 is 0. The van der Waals surface area contributed by atoms with Crippen LogP contribution in [0.2, 0.25) is 0 Å². The molecule has 1 aliphatic carbocycles. The van der Waals surface area contributed by atoms with Gasteiger partial charge in [0.05, 0.1) is 6.04 Å². The summed E-state index contributed by atoms with van der Waals surface area (Å²) < 4.78 is 0. The number of hydrogen-bond acceptors (Lipinski definition) is 3. The molecule has 2 N–H and O–H groups in total. The second-order valence-corrected chi connectivity index (χ2v) is 4.17. The summed E-state index contributed by atoms with van der Waals surface area (Å²) in [6.45, 7) is 0. The lowest BCUT2D eigenvalue weighted by molar-refractivity contribution is -0.142. The summed E-state index contributed by atoms with van der Waals surface area (Å²) in [5.41, 5.74) is 5.94. The minimum Gasteiger partial charge on any atom is -0.326 e. The Bertz CT molecular complexity index is 249. The van der Waals surface area contributed by atoms with E-state index < -0.39 is 0 Å². The average molecular weight is 196 g/mol. The van der Waals surface area contributed by atoms with E-state index >= 15 is 0 Å². The third kappa shape index (κ3) is 1.54. The number of nitrogens with two attached hydrogens (primary N) is 1. The minimum absolute atomic E-state index is 0.00486. The normalized spacial score (nSPS) is 33.9. The van der Waals surface area contributed by atoms with Crippen LogP contribution in [-0.2, 0) is 9.59 Å². The molecule has 0 spiro atoms. The standard InChI is InChI=1S/C10H16N2O2/c11-7-3-1-2-4-8(7)12-9(13)5-6-10(12)14/h7-8H,1-6,11H2/t7-,8-/m1/s1. The zero-order valence-corrected chi connectivity index (χ0v) is 8.24. The molecule has 78 valence electrons. The minimum atomic E-state index is -0.0302. The molecule has 1 aliphatic heterocycles. The van der Waals surface area contributed by atoms with Crippen molar-refractivity contribution in [3.8, 4) is 0 Å². The van der Waals surface area contributed by atoms with Crippen LogP contribution >= 0.6 is 0 Å². The van der Waals surface area contributed by atoms with E-state index in [1.165, 1.54) is 4.90 Å². The summed E-state index contributed by atoms with van der Waals surface area (Å²) in [5, 5.41) is 0. The average Bonchev–Trinajstić information content (AvgIpc) is 2.48. The highest BCUT2D eigenvalue weighted by Gasteiger charge is 2.38. The van der Waals surface area contributed by atoms with Gasteiger partial charge in [-0.25, -0.2) is 0 Å². The van der Waals surface area contributed by atoms with Crippen LogP contribution in [0.4, 0.5) is 0 Å². The molecule has 0 aromatic rings. The van der Waals surface area contributed by atoms with Crippen molar-refractivity contribution in [2.24, 2.45) is 5.73 Å². The predicted octanol–water partition coefficient (Wildman–Crippen LogP) is 0.405. The molecule has 1 heterocycles. The predicted molar refractivity (Wildman–Crippen MR) is 51.3 cm³/mol. The molecular formula is C10H16N2O2. The maximum absolute atomic E-state index is 11.5. The van der Waals surface area contributed by atoms with Gasteiger partial charge in [-0.15, -0.1) is 0 Å². The van der Waals surface area contributed by atoms with Crippen LogP contribution in [0.25, 0.3) is 0 Å². The third-order valence-electron chi connectivity index (χ3n) is 3.20. The van der Waals surface area contributed by atoms with Crippen molar-refractivity contribution in [3.63, 3.8) is 0 Å². The van der Waals surface area contributed by atoms with Crippen molar-refractivity contribution in [1.29, 1.82) is 0 Å². The van der Waals surface area contributed by atoms with Crippen molar-refractivity contribution in [3.05, 3.63) is 0 Å². The smallest absolute Gasteiger partial charge is 0.229 e. The Kier molecular flexibility index (Phi) is 2.54. The fourth-order valence-corrected chi connectivity index (χ4v) is 2.42. The Labute approximate surface area is 83.4 Å². The van der Waals surface area contributed by atoms with Gasteiger partial charge >= 0.3 is 0 Å². The van der Waals surface area contributed by atoms with Gasteiger partial charge in [-0.3, -0.25) is 14.5 Å². The highest BCUT2D eigenvalue weighted by atomic mass is 16.2. The zero-order chi connectivity index (χ0) is 10.1. The molecule has 4 heteroatoms. The van der Waals surface area contributed by atoms with Gasteiger partial charge in [0.15, 0.2) is 0 Å². The lowest BCUT2D eigenvalue weighted by atomic mass is 9.90. The Morgan fingerprint density at radius 3 is 2.21 bits per heavy atom. The summed E-state index contributed by atoms with van der Waals surface area (Å²) in [7, 11) is 0. The van der Waals surface area contributed by atoms with Gasteiger partial charge in [-0.05, 0) is 12.8 Å². The quantitative estimate of drug-likeness (QED) is 0.618. The van der Waals surface area contributed by atoms with Gasteiger partial charge in [-0.2, -0.15) is 0 Å². The van der Waals surface area contributed by atoms with E-state index in [0.29, 0.717) is 12.8 Å². The van der Waals surface area contributed by atoms with E-state index in [4.69, 9.17) is 5.73 Å². The number of nitrogens with zero attached hydrogens (tertiary/aromatic N) is 1. The molecule has 0 radical (unpaired) electrons. The number of likely N-dealkylation sites (tertiary alicyclic amines) is 1. The van der Waals surface area contributed by atoms with Gasteiger partial charge in [0.25, 0.3) is 0 Å². The highest BCUT2D eigenvalue weighted by Crippen LogP contribution is 2.26.